The van der Waals surface area contributed by atoms with Crippen LogP contribution >= 0.6 is 23.5 Å². The first kappa shape index (κ1) is 25.9. The fourth-order valence-corrected chi connectivity index (χ4v) is 6.68. The minimum Gasteiger partial charge on any atom is -0.477 e. The Morgan fingerprint density at radius 1 is 1.13 bits per heavy atom. The number of nitrogens with one attached hydrogen (secondary N) is 1. The summed E-state index contributed by atoms with van der Waals surface area (Å²) in [7, 11) is 0. The van der Waals surface area contributed by atoms with E-state index < -0.39 is 23.3 Å². The molecule has 11 heteroatoms. The van der Waals surface area contributed by atoms with Crippen LogP contribution in [0.3, 0.4) is 0 Å². The van der Waals surface area contributed by atoms with Gasteiger partial charge in [0.25, 0.3) is 5.91 Å². The fraction of sp³-hybridized carbons (Fsp3) is 0.259. The Bertz CT molecular complexity index is 1340. The lowest BCUT2D eigenvalue weighted by molar-refractivity contribution is -0.150. The Morgan fingerprint density at radius 2 is 1.87 bits per heavy atom. The summed E-state index contributed by atoms with van der Waals surface area (Å²) in [5.74, 6) is -1.67. The molecule has 3 aliphatic heterocycles. The molecule has 9 nitrogen and oxygen atoms in total. The minimum atomic E-state index is -1.23. The average molecular weight is 551 g/mol. The molecule has 2 saturated heterocycles. The van der Waals surface area contributed by atoms with Crippen LogP contribution in [-0.2, 0) is 25.7 Å². The first-order valence-electron chi connectivity index (χ1n) is 12.0. The molecule has 5 rings (SSSR count). The average Bonchev–Trinajstić information content (AvgIpc) is 3.25. The van der Waals surface area contributed by atoms with Crippen LogP contribution in [0.4, 0.5) is 5.69 Å². The molecular formula is C27H26N4O5S2. The third-order valence-electron chi connectivity index (χ3n) is 6.54. The number of carboxylic acid groups (broad SMARTS) is 1. The molecule has 0 aliphatic carbocycles. The molecular weight excluding hydrogens is 524 g/mol. The lowest BCUT2D eigenvalue weighted by Crippen LogP contribution is -2.70. The molecule has 2 atom stereocenters. The molecule has 0 unspecified atom stereocenters. The molecule has 0 saturated carbocycles. The van der Waals surface area contributed by atoms with Crippen LogP contribution < -0.4 is 11.1 Å². The van der Waals surface area contributed by atoms with Crippen LogP contribution in [0.25, 0.3) is 0 Å². The Kier molecular flexibility index (Phi) is 7.48. The van der Waals surface area contributed by atoms with Crippen molar-refractivity contribution in [1.82, 2.24) is 15.1 Å². The smallest absolute Gasteiger partial charge is 0.352 e. The number of carbonyl (C=O) groups is 4. The number of allylic oxidation sites excluding steroid dienone is 1. The number of benzene rings is 2. The number of β-lactam (4-membered cyclic amide) rings is 1. The number of likely N-dealkylation sites (tertiary alicyclic amines) is 1. The summed E-state index contributed by atoms with van der Waals surface area (Å²) in [4.78, 5) is 54.5. The van der Waals surface area contributed by atoms with Crippen molar-refractivity contribution in [1.29, 1.82) is 0 Å². The summed E-state index contributed by atoms with van der Waals surface area (Å²) in [6.45, 7) is 0.963. The van der Waals surface area contributed by atoms with E-state index in [0.717, 1.165) is 10.5 Å². The predicted octanol–water partition coefficient (Wildman–Crippen LogP) is 2.46. The van der Waals surface area contributed by atoms with Gasteiger partial charge < -0.3 is 21.1 Å². The van der Waals surface area contributed by atoms with Crippen molar-refractivity contribution in [3.63, 3.8) is 0 Å². The van der Waals surface area contributed by atoms with Crippen LogP contribution in [0.5, 0.6) is 0 Å². The molecule has 2 aromatic carbocycles. The Morgan fingerprint density at radius 3 is 2.58 bits per heavy atom. The number of fused-ring (bicyclic) bond motifs is 1. The van der Waals surface area contributed by atoms with E-state index in [2.05, 4.69) is 5.32 Å². The van der Waals surface area contributed by atoms with Gasteiger partial charge in [-0.1, -0.05) is 30.3 Å². The van der Waals surface area contributed by atoms with E-state index in [1.807, 2.05) is 42.5 Å². The van der Waals surface area contributed by atoms with Gasteiger partial charge in [-0.25, -0.2) is 4.79 Å². The first-order chi connectivity index (χ1) is 18.3. The van der Waals surface area contributed by atoms with Gasteiger partial charge in [0.2, 0.25) is 11.8 Å². The number of thioether (sulfide) groups is 2. The van der Waals surface area contributed by atoms with Crippen molar-refractivity contribution in [2.75, 3.05) is 23.8 Å². The highest BCUT2D eigenvalue weighted by atomic mass is 32.2. The molecule has 0 spiro atoms. The maximum Gasteiger partial charge on any atom is 0.352 e. The summed E-state index contributed by atoms with van der Waals surface area (Å²) >= 11 is 2.75. The van der Waals surface area contributed by atoms with Crippen LogP contribution in [0, 0.1) is 0 Å². The fourth-order valence-electron chi connectivity index (χ4n) is 4.64. The van der Waals surface area contributed by atoms with Gasteiger partial charge >= 0.3 is 5.97 Å². The third kappa shape index (κ3) is 5.30. The maximum atomic E-state index is 13.0. The first-order valence-corrected chi connectivity index (χ1v) is 14.1. The minimum absolute atomic E-state index is 0.125. The van der Waals surface area contributed by atoms with E-state index in [-0.39, 0.29) is 23.3 Å². The molecule has 0 aromatic heterocycles. The molecule has 2 aromatic rings. The van der Waals surface area contributed by atoms with Crippen LogP contribution in [0.15, 0.2) is 82.4 Å². The van der Waals surface area contributed by atoms with E-state index in [1.54, 1.807) is 23.1 Å². The molecule has 4 N–H and O–H groups in total. The number of hydrogen-bond donors (Lipinski definition) is 3. The van der Waals surface area contributed by atoms with E-state index in [1.165, 1.54) is 28.4 Å². The maximum absolute atomic E-state index is 13.0. The number of hydrogen-bond acceptors (Lipinski definition) is 7. The second-order valence-electron chi connectivity index (χ2n) is 9.12. The second kappa shape index (κ2) is 11.0. The van der Waals surface area contributed by atoms with Crippen LogP contribution in [-0.4, -0.2) is 68.1 Å². The highest BCUT2D eigenvalue weighted by Gasteiger charge is 2.54. The van der Waals surface area contributed by atoms with Crippen LogP contribution in [0.1, 0.15) is 12.0 Å². The zero-order chi connectivity index (χ0) is 26.8. The molecule has 3 heterocycles. The Balaban J connectivity index is 1.25. The molecule has 0 bridgehead atoms. The van der Waals surface area contributed by atoms with Crippen molar-refractivity contribution in [2.45, 2.75) is 29.3 Å². The molecule has 3 aliphatic rings. The van der Waals surface area contributed by atoms with Crippen molar-refractivity contribution >= 4 is 52.9 Å². The number of nitrogens with two attached hydrogens (primary N) is 1. The standard InChI is InChI=1S/C27H26N4O5S2/c28-19-8-6-16(7-9-19)13-30-11-10-17(24(30)33)12-18-14-38-26-22(25(34)31(26)23(18)27(35)36)29-21(32)15-37-20-4-2-1-3-5-20/h1-9,12,22,26H,10-11,13-15,28H2,(H,29,32)(H,35,36)/b17-12+/t22-,26-/m1/s1. The number of nitrogens with zero attached hydrogens (tertiary/aromatic N) is 2. The Labute approximate surface area is 228 Å². The summed E-state index contributed by atoms with van der Waals surface area (Å²) < 4.78 is 0. The summed E-state index contributed by atoms with van der Waals surface area (Å²) in [6.07, 6.45) is 2.11. The van der Waals surface area contributed by atoms with Crippen molar-refractivity contribution in [2.24, 2.45) is 0 Å². The zero-order valence-corrected chi connectivity index (χ0v) is 22.0. The van der Waals surface area contributed by atoms with Gasteiger partial charge in [0, 0.05) is 35.0 Å². The van der Waals surface area contributed by atoms with E-state index in [9.17, 15) is 24.3 Å². The number of anilines is 1. The van der Waals surface area contributed by atoms with Gasteiger partial charge in [-0.15, -0.1) is 23.5 Å². The number of rotatable bonds is 8. The number of amides is 3. The largest absolute Gasteiger partial charge is 0.477 e. The summed E-state index contributed by atoms with van der Waals surface area (Å²) in [6, 6.07) is 16.0. The number of aliphatic carboxylic acids is 1. The lowest BCUT2D eigenvalue weighted by Gasteiger charge is -2.49. The van der Waals surface area contributed by atoms with Gasteiger partial charge in [-0.05, 0) is 47.9 Å². The summed E-state index contributed by atoms with van der Waals surface area (Å²) in [5, 5.41) is 12.2. The zero-order valence-electron chi connectivity index (χ0n) is 20.3. The highest BCUT2D eigenvalue weighted by Crippen LogP contribution is 2.41. The molecule has 196 valence electrons. The molecule has 2 fully saturated rings. The van der Waals surface area contributed by atoms with Crippen molar-refractivity contribution in [3.05, 3.63) is 83.1 Å². The van der Waals surface area contributed by atoms with Gasteiger partial charge in [0.15, 0.2) is 0 Å². The SMILES string of the molecule is Nc1ccc(CN2CC/C(=C\C3=C(C(=O)O)N4C(=O)[C@@H](NC(=O)CSc5ccccc5)[C@H]4SC3)C2=O)cc1. The van der Waals surface area contributed by atoms with Gasteiger partial charge in [0.05, 0.1) is 5.75 Å². The quantitative estimate of drug-likeness (QED) is 0.198. The molecule has 38 heavy (non-hydrogen) atoms. The number of carboxylic acids is 1. The van der Waals surface area contributed by atoms with E-state index in [0.29, 0.717) is 42.1 Å². The van der Waals surface area contributed by atoms with E-state index in [4.69, 9.17) is 5.73 Å². The summed E-state index contributed by atoms with van der Waals surface area (Å²) in [5.41, 5.74) is 8.16. The van der Waals surface area contributed by atoms with E-state index >= 15 is 0 Å². The molecule has 3 amide bonds. The number of nitrogen functional groups attached to an aromatic ring is 1. The third-order valence-corrected chi connectivity index (χ3v) is 8.86. The Hall–Kier alpha value is -3.70. The monoisotopic (exact) mass is 550 g/mol. The van der Waals surface area contributed by atoms with Crippen molar-refractivity contribution < 1.29 is 24.3 Å². The van der Waals surface area contributed by atoms with Crippen molar-refractivity contribution in [3.8, 4) is 0 Å². The van der Waals surface area contributed by atoms with Gasteiger partial charge in [-0.3, -0.25) is 19.3 Å². The predicted molar refractivity (Wildman–Crippen MR) is 146 cm³/mol. The van der Waals surface area contributed by atoms with Gasteiger partial charge in [-0.2, -0.15) is 0 Å². The van der Waals surface area contributed by atoms with Gasteiger partial charge in [0.1, 0.15) is 17.1 Å². The second-order valence-corrected chi connectivity index (χ2v) is 11.3. The lowest BCUT2D eigenvalue weighted by atomic mass is 10.0. The topological polar surface area (TPSA) is 133 Å². The number of carbonyl (C=O) groups excluding carboxylic acids is 3. The van der Waals surface area contributed by atoms with Crippen LogP contribution in [0.2, 0.25) is 0 Å². The molecule has 0 radical (unpaired) electrons. The normalized spacial score (nSPS) is 21.9. The highest BCUT2D eigenvalue weighted by molar-refractivity contribution is 8.00.